The molecule has 0 aliphatic carbocycles. The van der Waals surface area contributed by atoms with E-state index in [1.165, 1.54) is 0 Å². The van der Waals surface area contributed by atoms with Crippen molar-refractivity contribution in [3.05, 3.63) is 92.9 Å². The van der Waals surface area contributed by atoms with Crippen LogP contribution in [0.4, 0.5) is 0 Å². The van der Waals surface area contributed by atoms with Crippen LogP contribution in [0.1, 0.15) is 0 Å². The van der Waals surface area contributed by atoms with Crippen molar-refractivity contribution in [2.24, 2.45) is 0 Å². The van der Waals surface area contributed by atoms with E-state index < -0.39 is 0 Å². The Bertz CT molecular complexity index is 1320. The van der Waals surface area contributed by atoms with Crippen LogP contribution in [0.25, 0.3) is 43.8 Å². The molecule has 0 spiro atoms. The van der Waals surface area contributed by atoms with Crippen LogP contribution in [-0.2, 0) is 0 Å². The van der Waals surface area contributed by atoms with E-state index in [4.69, 9.17) is 46.4 Å². The molecule has 0 aromatic heterocycles. The maximum Gasteiger partial charge on any atom is 0.152 e. The fraction of sp³-hybridized carbons (Fsp3) is 0. The van der Waals surface area contributed by atoms with Crippen LogP contribution in [0.5, 0.6) is 11.5 Å². The number of benzene rings is 5. The molecule has 0 amide bonds. The summed E-state index contributed by atoms with van der Waals surface area (Å²) < 4.78 is 0. The zero-order valence-electron chi connectivity index (χ0n) is 16.3. The summed E-state index contributed by atoms with van der Waals surface area (Å²) in [5, 5.41) is 24.7. The lowest BCUT2D eigenvalue weighted by atomic mass is 9.86. The van der Waals surface area contributed by atoms with Gasteiger partial charge in [0.1, 0.15) is 0 Å². The number of halogens is 4. The Morgan fingerprint density at radius 3 is 0.938 bits per heavy atom. The van der Waals surface area contributed by atoms with Crippen molar-refractivity contribution in [3.8, 4) is 33.8 Å². The predicted octanol–water partition coefficient (Wildman–Crippen LogP) is 9.35. The first kappa shape index (κ1) is 21.2. The van der Waals surface area contributed by atoms with Crippen molar-refractivity contribution in [3.63, 3.8) is 0 Å². The Hall–Kier alpha value is -2.62. The van der Waals surface area contributed by atoms with Gasteiger partial charge in [-0.05, 0) is 68.1 Å². The van der Waals surface area contributed by atoms with Gasteiger partial charge in [0, 0.05) is 0 Å². The van der Waals surface area contributed by atoms with Crippen LogP contribution in [-0.4, -0.2) is 10.2 Å². The molecule has 5 aromatic rings. The van der Waals surface area contributed by atoms with Crippen molar-refractivity contribution in [1.29, 1.82) is 0 Å². The standard InChI is InChI=1S/C26H14Cl4O2/c27-19-9-13(10-20(28)25(19)31)23-15-5-1-2-6-16(15)24(18-8-4-3-7-17(18)23)14-11-21(29)26(32)22(30)12-14/h1-12,31-32H. The lowest BCUT2D eigenvalue weighted by Gasteiger charge is -2.18. The lowest BCUT2D eigenvalue weighted by molar-refractivity contribution is 0.475. The molecule has 0 saturated heterocycles. The molecule has 0 fully saturated rings. The van der Waals surface area contributed by atoms with Gasteiger partial charge in [0.05, 0.1) is 20.1 Å². The first-order valence-electron chi connectivity index (χ1n) is 9.67. The van der Waals surface area contributed by atoms with Crippen molar-refractivity contribution >= 4 is 67.9 Å². The van der Waals surface area contributed by atoms with Gasteiger partial charge in [0.25, 0.3) is 0 Å². The minimum absolute atomic E-state index is 0.143. The van der Waals surface area contributed by atoms with E-state index in [0.29, 0.717) is 0 Å². The van der Waals surface area contributed by atoms with Crippen LogP contribution in [0, 0.1) is 0 Å². The Morgan fingerprint density at radius 1 is 0.438 bits per heavy atom. The molecule has 6 heteroatoms. The van der Waals surface area contributed by atoms with Crippen molar-refractivity contribution in [2.45, 2.75) is 0 Å². The largest absolute Gasteiger partial charge is 0.505 e. The van der Waals surface area contributed by atoms with Gasteiger partial charge in [-0.15, -0.1) is 0 Å². The number of hydrogen-bond donors (Lipinski definition) is 2. The quantitative estimate of drug-likeness (QED) is 0.237. The molecule has 32 heavy (non-hydrogen) atoms. The maximum absolute atomic E-state index is 10.1. The SMILES string of the molecule is Oc1c(Cl)cc(-c2c3ccccc3c(-c3cc(Cl)c(O)c(Cl)c3)c3ccccc23)cc1Cl. The van der Waals surface area contributed by atoms with Gasteiger partial charge in [-0.1, -0.05) is 94.9 Å². The number of fused-ring (bicyclic) bond motifs is 2. The molecule has 0 saturated carbocycles. The van der Waals surface area contributed by atoms with Gasteiger partial charge in [-0.25, -0.2) is 0 Å². The summed E-state index contributed by atoms with van der Waals surface area (Å²) in [5.41, 5.74) is 3.47. The summed E-state index contributed by atoms with van der Waals surface area (Å²) in [4.78, 5) is 0. The first-order valence-corrected chi connectivity index (χ1v) is 11.2. The molecule has 0 heterocycles. The maximum atomic E-state index is 10.1. The van der Waals surface area contributed by atoms with E-state index in [1.807, 2.05) is 48.5 Å². The van der Waals surface area contributed by atoms with Crippen LogP contribution in [0.2, 0.25) is 20.1 Å². The third-order valence-electron chi connectivity index (χ3n) is 5.54. The number of phenolic OH excluding ortho intramolecular Hbond substituents is 2. The molecule has 158 valence electrons. The van der Waals surface area contributed by atoms with Crippen LogP contribution in [0.3, 0.4) is 0 Å². The molecule has 5 rings (SSSR count). The molecular formula is C26H14Cl4O2. The molecule has 0 aliphatic heterocycles. The fourth-order valence-electron chi connectivity index (χ4n) is 4.17. The Morgan fingerprint density at radius 2 is 0.688 bits per heavy atom. The number of phenols is 2. The van der Waals surface area contributed by atoms with Gasteiger partial charge < -0.3 is 10.2 Å². The second-order valence-electron chi connectivity index (χ2n) is 7.42. The first-order chi connectivity index (χ1) is 15.4. The number of aromatic hydroxyl groups is 2. The average molecular weight is 500 g/mol. The Labute approximate surface area is 204 Å². The molecule has 0 aliphatic rings. The van der Waals surface area contributed by atoms with Crippen LogP contribution < -0.4 is 0 Å². The monoisotopic (exact) mass is 498 g/mol. The third-order valence-corrected chi connectivity index (χ3v) is 6.70. The summed E-state index contributed by atoms with van der Waals surface area (Å²) in [5.74, 6) is -0.286. The number of hydrogen-bond acceptors (Lipinski definition) is 2. The highest BCUT2D eigenvalue weighted by molar-refractivity contribution is 6.39. The molecule has 0 bridgehead atoms. The molecule has 2 nitrogen and oxygen atoms in total. The van der Waals surface area contributed by atoms with Gasteiger partial charge >= 0.3 is 0 Å². The summed E-state index contributed by atoms with van der Waals surface area (Å²) in [6.45, 7) is 0. The molecule has 0 unspecified atom stereocenters. The van der Waals surface area contributed by atoms with Gasteiger partial charge in [0.15, 0.2) is 11.5 Å². The van der Waals surface area contributed by atoms with E-state index in [9.17, 15) is 10.2 Å². The minimum Gasteiger partial charge on any atom is -0.505 e. The zero-order valence-corrected chi connectivity index (χ0v) is 19.4. The van der Waals surface area contributed by atoms with Crippen LogP contribution >= 0.6 is 46.4 Å². The molecule has 0 radical (unpaired) electrons. The van der Waals surface area contributed by atoms with Crippen molar-refractivity contribution in [1.82, 2.24) is 0 Å². The Balaban J connectivity index is 1.97. The summed E-state index contributed by atoms with van der Waals surface area (Å²) in [7, 11) is 0. The average Bonchev–Trinajstić information content (AvgIpc) is 2.78. The fourth-order valence-corrected chi connectivity index (χ4v) is 5.14. The van der Waals surface area contributed by atoms with Gasteiger partial charge in [-0.2, -0.15) is 0 Å². The van der Waals surface area contributed by atoms with Gasteiger partial charge in [-0.3, -0.25) is 0 Å². The van der Waals surface area contributed by atoms with Crippen LogP contribution in [0.15, 0.2) is 72.8 Å². The highest BCUT2D eigenvalue weighted by Gasteiger charge is 2.19. The Kier molecular flexibility index (Phi) is 5.35. The van der Waals surface area contributed by atoms with E-state index in [2.05, 4.69) is 0 Å². The zero-order chi connectivity index (χ0) is 22.6. The number of rotatable bonds is 2. The molecular weight excluding hydrogens is 486 g/mol. The highest BCUT2D eigenvalue weighted by atomic mass is 35.5. The highest BCUT2D eigenvalue weighted by Crippen LogP contribution is 2.47. The van der Waals surface area contributed by atoms with E-state index in [1.54, 1.807) is 24.3 Å². The van der Waals surface area contributed by atoms with E-state index in [-0.39, 0.29) is 31.6 Å². The lowest BCUT2D eigenvalue weighted by Crippen LogP contribution is -1.91. The molecule has 2 N–H and O–H groups in total. The predicted molar refractivity (Wildman–Crippen MR) is 136 cm³/mol. The summed E-state index contributed by atoms with van der Waals surface area (Å²) in [6, 6.07) is 22.8. The summed E-state index contributed by atoms with van der Waals surface area (Å²) in [6.07, 6.45) is 0. The topological polar surface area (TPSA) is 40.5 Å². The smallest absolute Gasteiger partial charge is 0.152 e. The second-order valence-corrected chi connectivity index (χ2v) is 9.05. The van der Waals surface area contributed by atoms with E-state index in [0.717, 1.165) is 43.8 Å². The molecule has 0 atom stereocenters. The second kappa shape index (κ2) is 8.06. The van der Waals surface area contributed by atoms with Crippen molar-refractivity contribution in [2.75, 3.05) is 0 Å². The minimum atomic E-state index is -0.143. The third kappa shape index (κ3) is 3.35. The summed E-state index contributed by atoms with van der Waals surface area (Å²) >= 11 is 25.0. The molecule has 5 aromatic carbocycles. The normalized spacial score (nSPS) is 11.4. The van der Waals surface area contributed by atoms with E-state index >= 15 is 0 Å². The van der Waals surface area contributed by atoms with Gasteiger partial charge in [0.2, 0.25) is 0 Å². The van der Waals surface area contributed by atoms with Crippen molar-refractivity contribution < 1.29 is 10.2 Å².